The van der Waals surface area contributed by atoms with E-state index in [4.69, 9.17) is 0 Å². The molecule has 0 spiro atoms. The van der Waals surface area contributed by atoms with E-state index in [1.165, 1.54) is 24.6 Å². The third-order valence-corrected chi connectivity index (χ3v) is 4.40. The summed E-state index contributed by atoms with van der Waals surface area (Å²) in [5, 5.41) is 12.4. The minimum Gasteiger partial charge on any atom is -0.506 e. The first-order valence-corrected chi connectivity index (χ1v) is 8.39. The van der Waals surface area contributed by atoms with Crippen LogP contribution in [0.1, 0.15) is 43.0 Å². The van der Waals surface area contributed by atoms with E-state index in [1.807, 2.05) is 25.1 Å². The fraction of sp³-hybridized carbons (Fsp3) is 0.300. The SMILES string of the molecule is C[C@@H](NC(=O)c1cccc(-c2ccc(O)cn2)c1)C1=CCCCC1. The molecule has 2 aromatic rings. The number of benzene rings is 1. The molecule has 1 aliphatic rings. The molecule has 1 heterocycles. The predicted molar refractivity (Wildman–Crippen MR) is 94.8 cm³/mol. The molecule has 1 aromatic carbocycles. The zero-order valence-electron chi connectivity index (χ0n) is 13.8. The summed E-state index contributed by atoms with van der Waals surface area (Å²) in [6.07, 6.45) is 8.28. The number of aromatic nitrogens is 1. The van der Waals surface area contributed by atoms with E-state index >= 15 is 0 Å². The molecule has 1 amide bonds. The van der Waals surface area contributed by atoms with Crippen LogP contribution in [-0.2, 0) is 0 Å². The average Bonchev–Trinajstić information content (AvgIpc) is 2.63. The van der Waals surface area contributed by atoms with Crippen LogP contribution in [0, 0.1) is 0 Å². The first-order chi connectivity index (χ1) is 11.6. The Morgan fingerprint density at radius 1 is 1.25 bits per heavy atom. The van der Waals surface area contributed by atoms with Gasteiger partial charge in [0, 0.05) is 17.2 Å². The first-order valence-electron chi connectivity index (χ1n) is 8.39. The van der Waals surface area contributed by atoms with E-state index in [9.17, 15) is 9.90 Å². The van der Waals surface area contributed by atoms with Crippen molar-refractivity contribution < 1.29 is 9.90 Å². The summed E-state index contributed by atoms with van der Waals surface area (Å²) in [6, 6.07) is 10.8. The maximum Gasteiger partial charge on any atom is 0.251 e. The van der Waals surface area contributed by atoms with Crippen LogP contribution in [0.15, 0.2) is 54.2 Å². The van der Waals surface area contributed by atoms with Crippen molar-refractivity contribution in [2.45, 2.75) is 38.6 Å². The average molecular weight is 322 g/mol. The Labute approximate surface area is 142 Å². The smallest absolute Gasteiger partial charge is 0.251 e. The Morgan fingerprint density at radius 3 is 2.83 bits per heavy atom. The van der Waals surface area contributed by atoms with Crippen molar-refractivity contribution >= 4 is 5.91 Å². The molecule has 0 unspecified atom stereocenters. The maximum absolute atomic E-state index is 12.5. The summed E-state index contributed by atoms with van der Waals surface area (Å²) in [6.45, 7) is 2.04. The second-order valence-electron chi connectivity index (χ2n) is 6.20. The second kappa shape index (κ2) is 7.30. The zero-order valence-corrected chi connectivity index (χ0v) is 13.8. The van der Waals surface area contributed by atoms with Crippen LogP contribution in [0.2, 0.25) is 0 Å². The van der Waals surface area contributed by atoms with Gasteiger partial charge in [-0.05, 0) is 56.9 Å². The van der Waals surface area contributed by atoms with Gasteiger partial charge in [-0.3, -0.25) is 9.78 Å². The van der Waals surface area contributed by atoms with Gasteiger partial charge in [0.05, 0.1) is 11.9 Å². The maximum atomic E-state index is 12.5. The minimum absolute atomic E-state index is 0.0632. The highest BCUT2D eigenvalue weighted by Crippen LogP contribution is 2.22. The number of hydrogen-bond acceptors (Lipinski definition) is 3. The molecule has 2 N–H and O–H groups in total. The molecular formula is C20H22N2O2. The molecule has 124 valence electrons. The highest BCUT2D eigenvalue weighted by molar-refractivity contribution is 5.95. The highest BCUT2D eigenvalue weighted by Gasteiger charge is 2.15. The number of amides is 1. The van der Waals surface area contributed by atoms with Gasteiger partial charge < -0.3 is 10.4 Å². The molecule has 0 aliphatic heterocycles. The fourth-order valence-corrected chi connectivity index (χ4v) is 3.01. The van der Waals surface area contributed by atoms with E-state index in [2.05, 4.69) is 16.4 Å². The Hall–Kier alpha value is -2.62. The van der Waals surface area contributed by atoms with Crippen molar-refractivity contribution in [3.8, 4) is 17.0 Å². The summed E-state index contributed by atoms with van der Waals surface area (Å²) >= 11 is 0. The van der Waals surface area contributed by atoms with Gasteiger partial charge in [-0.1, -0.05) is 23.8 Å². The van der Waals surface area contributed by atoms with E-state index in [1.54, 1.807) is 18.2 Å². The minimum atomic E-state index is -0.0744. The molecule has 0 saturated heterocycles. The molecule has 4 nitrogen and oxygen atoms in total. The van der Waals surface area contributed by atoms with Crippen LogP contribution in [-0.4, -0.2) is 22.0 Å². The largest absolute Gasteiger partial charge is 0.506 e. The molecule has 1 atom stereocenters. The fourth-order valence-electron chi connectivity index (χ4n) is 3.01. The van der Waals surface area contributed by atoms with Crippen LogP contribution in [0.5, 0.6) is 5.75 Å². The summed E-state index contributed by atoms with van der Waals surface area (Å²) in [5.74, 6) is 0.0526. The van der Waals surface area contributed by atoms with Crippen LogP contribution in [0.4, 0.5) is 0 Å². The third kappa shape index (κ3) is 3.82. The summed E-state index contributed by atoms with van der Waals surface area (Å²) in [7, 11) is 0. The van der Waals surface area contributed by atoms with E-state index in [-0.39, 0.29) is 17.7 Å². The lowest BCUT2D eigenvalue weighted by molar-refractivity contribution is 0.0944. The zero-order chi connectivity index (χ0) is 16.9. The van der Waals surface area contributed by atoms with E-state index in [0.717, 1.165) is 24.1 Å². The topological polar surface area (TPSA) is 62.2 Å². The summed E-state index contributed by atoms with van der Waals surface area (Å²) < 4.78 is 0. The molecule has 0 saturated carbocycles. The number of allylic oxidation sites excluding steroid dienone is 1. The molecule has 24 heavy (non-hydrogen) atoms. The van der Waals surface area contributed by atoms with Crippen molar-refractivity contribution in [1.82, 2.24) is 10.3 Å². The van der Waals surface area contributed by atoms with Crippen molar-refractivity contribution in [3.05, 3.63) is 59.8 Å². The van der Waals surface area contributed by atoms with Gasteiger partial charge in [0.25, 0.3) is 5.91 Å². The van der Waals surface area contributed by atoms with Gasteiger partial charge in [0.2, 0.25) is 0 Å². The first kappa shape index (κ1) is 16.2. The second-order valence-corrected chi connectivity index (χ2v) is 6.20. The molecule has 0 bridgehead atoms. The van der Waals surface area contributed by atoms with Crippen LogP contribution < -0.4 is 5.32 Å². The molecule has 1 aromatic heterocycles. The van der Waals surface area contributed by atoms with Gasteiger partial charge in [0.1, 0.15) is 5.75 Å². The van der Waals surface area contributed by atoms with Crippen molar-refractivity contribution in [2.24, 2.45) is 0 Å². The summed E-state index contributed by atoms with van der Waals surface area (Å²) in [5.41, 5.74) is 3.52. The van der Waals surface area contributed by atoms with Crippen LogP contribution >= 0.6 is 0 Å². The predicted octanol–water partition coefficient (Wildman–Crippen LogP) is 4.07. The molecular weight excluding hydrogens is 300 g/mol. The van der Waals surface area contributed by atoms with Crippen LogP contribution in [0.25, 0.3) is 11.3 Å². The third-order valence-electron chi connectivity index (χ3n) is 4.40. The number of aromatic hydroxyl groups is 1. The number of carbonyl (C=O) groups excluding carboxylic acids is 1. The number of nitrogens with one attached hydrogen (secondary N) is 1. The lowest BCUT2D eigenvalue weighted by atomic mass is 9.94. The molecule has 0 radical (unpaired) electrons. The van der Waals surface area contributed by atoms with Crippen LogP contribution in [0.3, 0.4) is 0 Å². The van der Waals surface area contributed by atoms with Gasteiger partial charge in [0.15, 0.2) is 0 Å². The van der Waals surface area contributed by atoms with Crippen molar-refractivity contribution in [3.63, 3.8) is 0 Å². The lowest BCUT2D eigenvalue weighted by Crippen LogP contribution is -2.34. The number of carbonyl (C=O) groups is 1. The Bertz CT molecular complexity index is 750. The number of pyridine rings is 1. The van der Waals surface area contributed by atoms with Gasteiger partial charge in [-0.15, -0.1) is 0 Å². The normalized spacial score (nSPS) is 15.5. The van der Waals surface area contributed by atoms with E-state index < -0.39 is 0 Å². The molecule has 1 aliphatic carbocycles. The van der Waals surface area contributed by atoms with E-state index in [0.29, 0.717) is 5.56 Å². The molecule has 0 fully saturated rings. The standard InChI is InChI=1S/C20H22N2O2/c1-14(15-6-3-2-4-7-15)22-20(24)17-9-5-8-16(12-17)19-11-10-18(23)13-21-19/h5-6,8-14,23H,2-4,7H2,1H3,(H,22,24)/t14-/m1/s1. The number of hydrogen-bond donors (Lipinski definition) is 2. The Kier molecular flexibility index (Phi) is 4.94. The van der Waals surface area contributed by atoms with Gasteiger partial charge in [-0.2, -0.15) is 0 Å². The summed E-state index contributed by atoms with van der Waals surface area (Å²) in [4.78, 5) is 16.7. The van der Waals surface area contributed by atoms with Crippen molar-refractivity contribution in [2.75, 3.05) is 0 Å². The monoisotopic (exact) mass is 322 g/mol. The van der Waals surface area contributed by atoms with Gasteiger partial charge >= 0.3 is 0 Å². The highest BCUT2D eigenvalue weighted by atomic mass is 16.3. The van der Waals surface area contributed by atoms with Gasteiger partial charge in [-0.25, -0.2) is 0 Å². The van der Waals surface area contributed by atoms with Crippen molar-refractivity contribution in [1.29, 1.82) is 0 Å². The lowest BCUT2D eigenvalue weighted by Gasteiger charge is -2.21. The Morgan fingerprint density at radius 2 is 2.12 bits per heavy atom. The number of nitrogens with zero attached hydrogens (tertiary/aromatic N) is 1. The number of rotatable bonds is 4. The molecule has 4 heteroatoms. The molecule has 3 rings (SSSR count). The Balaban J connectivity index is 1.74. The quantitative estimate of drug-likeness (QED) is 0.834.